The van der Waals surface area contributed by atoms with Crippen molar-refractivity contribution in [2.24, 2.45) is 5.92 Å². The van der Waals surface area contributed by atoms with E-state index in [1.165, 1.54) is 25.7 Å². The van der Waals surface area contributed by atoms with Crippen molar-refractivity contribution in [1.29, 1.82) is 0 Å². The van der Waals surface area contributed by atoms with E-state index < -0.39 is 12.2 Å². The van der Waals surface area contributed by atoms with E-state index >= 15 is 0 Å². The summed E-state index contributed by atoms with van der Waals surface area (Å²) in [5.41, 5.74) is 0.783. The maximum Gasteiger partial charge on any atom is 0.161 e. The molecule has 1 aliphatic rings. The maximum absolute atomic E-state index is 10.1. The van der Waals surface area contributed by atoms with Crippen LogP contribution < -0.4 is 9.47 Å². The van der Waals surface area contributed by atoms with Crippen LogP contribution in [-0.2, 0) is 0 Å². The molecule has 0 radical (unpaired) electrons. The van der Waals surface area contributed by atoms with Gasteiger partial charge in [0.25, 0.3) is 0 Å². The number of rotatable bonds is 7. The molecule has 21 heavy (non-hydrogen) atoms. The molecule has 1 aromatic carbocycles. The van der Waals surface area contributed by atoms with Gasteiger partial charge in [0.15, 0.2) is 11.5 Å². The second-order valence-corrected chi connectivity index (χ2v) is 5.94. The summed E-state index contributed by atoms with van der Waals surface area (Å²) in [6.07, 6.45) is 4.86. The molecule has 0 bridgehead atoms. The minimum Gasteiger partial charge on any atom is -0.493 e. The van der Waals surface area contributed by atoms with E-state index in [9.17, 15) is 10.2 Å². The fraction of sp³-hybridized carbons (Fsp3) is 0.647. The molecule has 2 atom stereocenters. The van der Waals surface area contributed by atoms with Gasteiger partial charge in [-0.2, -0.15) is 0 Å². The van der Waals surface area contributed by atoms with E-state index in [0.29, 0.717) is 17.4 Å². The Bertz CT molecular complexity index is 438. The fourth-order valence-electron chi connectivity index (χ4n) is 2.95. The summed E-state index contributed by atoms with van der Waals surface area (Å²) in [6.45, 7) is 1.99. The summed E-state index contributed by atoms with van der Waals surface area (Å²) in [4.78, 5) is 0. The van der Waals surface area contributed by atoms with E-state index in [0.717, 1.165) is 12.0 Å². The molecule has 118 valence electrons. The third kappa shape index (κ3) is 4.61. The van der Waals surface area contributed by atoms with E-state index in [4.69, 9.17) is 9.47 Å². The Kier molecular flexibility index (Phi) is 5.88. The van der Waals surface area contributed by atoms with Crippen LogP contribution in [0.4, 0.5) is 0 Å². The lowest BCUT2D eigenvalue weighted by Crippen LogP contribution is -2.20. The highest BCUT2D eigenvalue weighted by atomic mass is 16.5. The molecule has 2 rings (SSSR count). The predicted molar refractivity (Wildman–Crippen MR) is 81.7 cm³/mol. The molecular weight excluding hydrogens is 268 g/mol. The molecule has 2 N–H and O–H groups in total. The van der Waals surface area contributed by atoms with E-state index in [2.05, 4.69) is 0 Å². The minimum absolute atomic E-state index is 0.279. The van der Waals surface area contributed by atoms with Gasteiger partial charge in [-0.05, 0) is 37.0 Å². The van der Waals surface area contributed by atoms with Gasteiger partial charge in [0.05, 0.1) is 19.3 Å². The Morgan fingerprint density at radius 2 is 1.90 bits per heavy atom. The molecule has 0 amide bonds. The van der Waals surface area contributed by atoms with E-state index in [1.54, 1.807) is 26.2 Å². The molecule has 0 aliphatic heterocycles. The molecule has 1 saturated carbocycles. The number of benzene rings is 1. The molecule has 1 unspecified atom stereocenters. The first-order valence-corrected chi connectivity index (χ1v) is 7.77. The van der Waals surface area contributed by atoms with Gasteiger partial charge in [-0.1, -0.05) is 31.7 Å². The summed E-state index contributed by atoms with van der Waals surface area (Å²) in [7, 11) is 1.57. The van der Waals surface area contributed by atoms with Gasteiger partial charge in [-0.15, -0.1) is 0 Å². The Balaban J connectivity index is 1.89. The van der Waals surface area contributed by atoms with Gasteiger partial charge in [-0.3, -0.25) is 0 Å². The largest absolute Gasteiger partial charge is 0.493 e. The second-order valence-electron chi connectivity index (χ2n) is 5.94. The first kappa shape index (κ1) is 16.1. The molecular formula is C17H26O4. The lowest BCUT2D eigenvalue weighted by molar-refractivity contribution is 0.0841. The normalized spacial score (nSPS) is 18.5. The summed E-state index contributed by atoms with van der Waals surface area (Å²) in [6, 6.07) is 5.36. The van der Waals surface area contributed by atoms with Crippen LogP contribution >= 0.6 is 0 Å². The average molecular weight is 294 g/mol. The summed E-state index contributed by atoms with van der Waals surface area (Å²) in [5, 5.41) is 19.6. The highest BCUT2D eigenvalue weighted by molar-refractivity contribution is 5.43. The number of ether oxygens (including phenoxy) is 2. The van der Waals surface area contributed by atoms with Crippen LogP contribution in [0.2, 0.25) is 0 Å². The van der Waals surface area contributed by atoms with Crippen molar-refractivity contribution in [2.45, 2.75) is 51.2 Å². The van der Waals surface area contributed by atoms with Crippen molar-refractivity contribution < 1.29 is 19.7 Å². The van der Waals surface area contributed by atoms with Gasteiger partial charge in [-0.25, -0.2) is 0 Å². The molecule has 0 spiro atoms. The van der Waals surface area contributed by atoms with Crippen LogP contribution in [0.25, 0.3) is 0 Å². The minimum atomic E-state index is -0.541. The number of aliphatic hydroxyl groups is 2. The summed E-state index contributed by atoms with van der Waals surface area (Å²) < 4.78 is 11.0. The summed E-state index contributed by atoms with van der Waals surface area (Å²) in [5.74, 6) is 1.83. The van der Waals surface area contributed by atoms with Crippen LogP contribution in [0.1, 0.15) is 50.7 Å². The van der Waals surface area contributed by atoms with Crippen LogP contribution in [0.3, 0.4) is 0 Å². The Morgan fingerprint density at radius 3 is 2.52 bits per heavy atom. The number of aliphatic hydroxyl groups excluding tert-OH is 2. The summed E-state index contributed by atoms with van der Waals surface area (Å²) >= 11 is 0. The first-order chi connectivity index (χ1) is 10.1. The fourth-order valence-corrected chi connectivity index (χ4v) is 2.95. The SMILES string of the molecule is COc1cc([C@@H](C)O)ccc1OCC(O)CC1CCCC1. The molecule has 1 aliphatic carbocycles. The number of hydrogen-bond donors (Lipinski definition) is 2. The highest BCUT2D eigenvalue weighted by Crippen LogP contribution is 2.31. The average Bonchev–Trinajstić information content (AvgIpc) is 2.97. The Hall–Kier alpha value is -1.26. The molecule has 0 heterocycles. The van der Waals surface area contributed by atoms with Crippen molar-refractivity contribution in [3.05, 3.63) is 23.8 Å². The van der Waals surface area contributed by atoms with Gasteiger partial charge < -0.3 is 19.7 Å². The van der Waals surface area contributed by atoms with Crippen LogP contribution in [-0.4, -0.2) is 30.0 Å². The third-order valence-corrected chi connectivity index (χ3v) is 4.18. The highest BCUT2D eigenvalue weighted by Gasteiger charge is 2.19. The number of hydrogen-bond acceptors (Lipinski definition) is 4. The van der Waals surface area contributed by atoms with Crippen LogP contribution in [0.5, 0.6) is 11.5 Å². The molecule has 4 nitrogen and oxygen atoms in total. The zero-order valence-corrected chi connectivity index (χ0v) is 12.9. The van der Waals surface area contributed by atoms with Gasteiger partial charge in [0.1, 0.15) is 6.61 Å². The van der Waals surface area contributed by atoms with Gasteiger partial charge in [0.2, 0.25) is 0 Å². The monoisotopic (exact) mass is 294 g/mol. The zero-order valence-electron chi connectivity index (χ0n) is 12.9. The molecule has 0 aromatic heterocycles. The zero-order chi connectivity index (χ0) is 15.2. The Morgan fingerprint density at radius 1 is 1.19 bits per heavy atom. The number of methoxy groups -OCH3 is 1. The van der Waals surface area contributed by atoms with Crippen LogP contribution in [0, 0.1) is 5.92 Å². The topological polar surface area (TPSA) is 58.9 Å². The predicted octanol–water partition coefficient (Wildman–Crippen LogP) is 3.07. The quantitative estimate of drug-likeness (QED) is 0.811. The first-order valence-electron chi connectivity index (χ1n) is 7.77. The lowest BCUT2D eigenvalue weighted by Gasteiger charge is -2.18. The van der Waals surface area contributed by atoms with Gasteiger partial charge in [0, 0.05) is 0 Å². The van der Waals surface area contributed by atoms with Crippen molar-refractivity contribution in [2.75, 3.05) is 13.7 Å². The lowest BCUT2D eigenvalue weighted by atomic mass is 10.0. The van der Waals surface area contributed by atoms with Crippen molar-refractivity contribution in [3.63, 3.8) is 0 Å². The molecule has 1 fully saturated rings. The smallest absolute Gasteiger partial charge is 0.161 e. The van der Waals surface area contributed by atoms with E-state index in [1.807, 2.05) is 6.07 Å². The maximum atomic E-state index is 10.1. The van der Waals surface area contributed by atoms with Crippen LogP contribution in [0.15, 0.2) is 18.2 Å². The van der Waals surface area contributed by atoms with E-state index in [-0.39, 0.29) is 6.61 Å². The van der Waals surface area contributed by atoms with Crippen molar-refractivity contribution >= 4 is 0 Å². The van der Waals surface area contributed by atoms with Crippen molar-refractivity contribution in [1.82, 2.24) is 0 Å². The third-order valence-electron chi connectivity index (χ3n) is 4.18. The molecule has 4 heteroatoms. The second kappa shape index (κ2) is 7.66. The molecule has 1 aromatic rings. The van der Waals surface area contributed by atoms with Gasteiger partial charge >= 0.3 is 0 Å². The molecule has 0 saturated heterocycles. The van der Waals surface area contributed by atoms with Crippen molar-refractivity contribution in [3.8, 4) is 11.5 Å². The Labute approximate surface area is 126 Å². The standard InChI is InChI=1S/C17H26O4/c1-12(18)14-7-8-16(17(10-14)20-2)21-11-15(19)9-13-5-3-4-6-13/h7-8,10,12-13,15,18-19H,3-6,9,11H2,1-2H3/t12-,15?/m1/s1.